The third kappa shape index (κ3) is 7.93. The maximum Gasteiger partial charge on any atom is 0.320 e. The summed E-state index contributed by atoms with van der Waals surface area (Å²) in [6, 6.07) is 14.4. The van der Waals surface area contributed by atoms with Crippen LogP contribution in [0.3, 0.4) is 0 Å². The number of non-ortho nitro benzene ring substituents is 1. The molecule has 0 aliphatic heterocycles. The van der Waals surface area contributed by atoms with Crippen molar-refractivity contribution in [2.45, 2.75) is 45.7 Å². The van der Waals surface area contributed by atoms with Crippen LogP contribution < -0.4 is 11.5 Å². The number of carboxylic acids is 2. The van der Waals surface area contributed by atoms with Crippen LogP contribution in [0, 0.1) is 67.9 Å². The molecule has 12 heteroatoms. The van der Waals surface area contributed by atoms with Gasteiger partial charge in [0, 0.05) is 79.9 Å². The minimum atomic E-state index is -1.14. The molecule has 0 aliphatic carbocycles. The molecule has 0 amide bonds. The zero-order valence-corrected chi connectivity index (χ0v) is 28.1. The molecular formula is C39H36N6O6. The van der Waals surface area contributed by atoms with Gasteiger partial charge in [0.2, 0.25) is 0 Å². The highest BCUT2D eigenvalue weighted by atomic mass is 16.6. The molecule has 2 atom stereocenters. The SMILES string of the molecule is C#Cc1ccc([N+](=O)[O-])c2[nH]c(C)c(CC(N)C(=O)O)c12.C#Cc1cccc2[nH]c(C)c(CC(N)C(=O)O)c12.C#Cc1cccc2[nH]c(C)cc12. The first-order valence-corrected chi connectivity index (χ1v) is 15.6. The second kappa shape index (κ2) is 15.6. The molecule has 3 aromatic heterocycles. The van der Waals surface area contributed by atoms with Gasteiger partial charge in [-0.3, -0.25) is 19.7 Å². The van der Waals surface area contributed by atoms with Gasteiger partial charge in [-0.05, 0) is 68.3 Å². The van der Waals surface area contributed by atoms with Crippen molar-refractivity contribution in [2.24, 2.45) is 11.5 Å². The molecule has 0 saturated carbocycles. The fourth-order valence-corrected chi connectivity index (χ4v) is 5.87. The Morgan fingerprint density at radius 1 is 0.765 bits per heavy atom. The van der Waals surface area contributed by atoms with Gasteiger partial charge in [0.15, 0.2) is 0 Å². The number of nitrogens with zero attached hydrogens (tertiary/aromatic N) is 1. The van der Waals surface area contributed by atoms with Crippen LogP contribution in [0.1, 0.15) is 44.9 Å². The number of aromatic nitrogens is 3. The van der Waals surface area contributed by atoms with Crippen molar-refractivity contribution in [1.82, 2.24) is 15.0 Å². The lowest BCUT2D eigenvalue weighted by Crippen LogP contribution is -2.32. The number of H-pyrrole nitrogens is 3. The first kappa shape index (κ1) is 37.0. The van der Waals surface area contributed by atoms with Gasteiger partial charge in [-0.15, -0.1) is 19.3 Å². The largest absolute Gasteiger partial charge is 0.480 e. The lowest BCUT2D eigenvalue weighted by molar-refractivity contribution is -0.383. The summed E-state index contributed by atoms with van der Waals surface area (Å²) in [4.78, 5) is 41.7. The quantitative estimate of drug-likeness (QED) is 0.0673. The lowest BCUT2D eigenvalue weighted by atomic mass is 9.99. The van der Waals surface area contributed by atoms with Crippen LogP contribution in [0.25, 0.3) is 32.7 Å². The topological polar surface area (TPSA) is 217 Å². The Balaban J connectivity index is 0.000000177. The van der Waals surface area contributed by atoms with Crippen LogP contribution in [0.15, 0.2) is 54.6 Å². The van der Waals surface area contributed by atoms with Crippen molar-refractivity contribution in [1.29, 1.82) is 0 Å². The molecule has 3 aromatic carbocycles. The first-order chi connectivity index (χ1) is 24.2. The number of carbonyl (C=O) groups is 2. The molecule has 3 heterocycles. The van der Waals surface area contributed by atoms with Gasteiger partial charge < -0.3 is 36.6 Å². The van der Waals surface area contributed by atoms with Crippen molar-refractivity contribution in [3.05, 3.63) is 110 Å². The van der Waals surface area contributed by atoms with Crippen LogP contribution in [0.2, 0.25) is 0 Å². The summed E-state index contributed by atoms with van der Waals surface area (Å²) in [5.41, 5.74) is 19.7. The number of aromatic amines is 3. The molecule has 0 aliphatic rings. The zero-order valence-electron chi connectivity index (χ0n) is 28.1. The standard InChI is InChI=1S/C14H13N3O4.C14H14N2O2.C11H9N/c1-3-8-4-5-11(17(20)21)13-12(8)9(7(2)16-13)6-10(15)14(18)19;1-3-9-5-4-6-12-13(9)10(8(2)16-12)7-11(15)14(17)18;1-3-9-5-4-6-11-10(9)7-8(2)12-11/h1,4-5,10,16H,6,15H2,2H3,(H,18,19);1,4-6,11,16H,7,15H2,2H3,(H,17,18);1,4-7,12H,2H3. The Bertz CT molecular complexity index is 2430. The van der Waals surface area contributed by atoms with Crippen LogP contribution in [-0.4, -0.2) is 54.1 Å². The lowest BCUT2D eigenvalue weighted by Gasteiger charge is -2.07. The fourth-order valence-electron chi connectivity index (χ4n) is 5.87. The number of hydrogen-bond donors (Lipinski definition) is 7. The summed E-state index contributed by atoms with van der Waals surface area (Å²) < 4.78 is 0. The average Bonchev–Trinajstić information content (AvgIpc) is 3.75. The molecule has 258 valence electrons. The number of carboxylic acid groups (broad SMARTS) is 2. The van der Waals surface area contributed by atoms with Gasteiger partial charge in [-0.1, -0.05) is 29.9 Å². The van der Waals surface area contributed by atoms with E-state index in [1.807, 2.05) is 50.2 Å². The third-order valence-electron chi connectivity index (χ3n) is 8.34. The summed E-state index contributed by atoms with van der Waals surface area (Å²) in [6.07, 6.45) is 16.6. The fraction of sp³-hybridized carbons (Fsp3) is 0.179. The number of fused-ring (bicyclic) bond motifs is 3. The van der Waals surface area contributed by atoms with Crippen molar-refractivity contribution >= 4 is 50.3 Å². The van der Waals surface area contributed by atoms with Crippen molar-refractivity contribution in [2.75, 3.05) is 0 Å². The van der Waals surface area contributed by atoms with Gasteiger partial charge in [0.05, 0.1) is 4.92 Å². The summed E-state index contributed by atoms with van der Waals surface area (Å²) in [6.45, 7) is 5.62. The Morgan fingerprint density at radius 2 is 1.27 bits per heavy atom. The number of nitro groups is 1. The summed E-state index contributed by atoms with van der Waals surface area (Å²) in [7, 11) is 0. The molecular weight excluding hydrogens is 648 g/mol. The van der Waals surface area contributed by atoms with Gasteiger partial charge in [-0.2, -0.15) is 0 Å². The van der Waals surface area contributed by atoms with Crippen LogP contribution in [0.5, 0.6) is 0 Å². The van der Waals surface area contributed by atoms with E-state index in [9.17, 15) is 19.7 Å². The molecule has 0 bridgehead atoms. The Hall–Kier alpha value is -6.78. The monoisotopic (exact) mass is 684 g/mol. The van der Waals surface area contributed by atoms with E-state index in [0.717, 1.165) is 49.9 Å². The highest BCUT2D eigenvalue weighted by molar-refractivity contribution is 5.97. The van der Waals surface area contributed by atoms with Crippen molar-refractivity contribution in [3.63, 3.8) is 0 Å². The number of hydrogen-bond acceptors (Lipinski definition) is 6. The van der Waals surface area contributed by atoms with E-state index >= 15 is 0 Å². The summed E-state index contributed by atoms with van der Waals surface area (Å²) >= 11 is 0. The molecule has 0 spiro atoms. The highest BCUT2D eigenvalue weighted by Gasteiger charge is 2.23. The van der Waals surface area contributed by atoms with Crippen LogP contribution in [0.4, 0.5) is 5.69 Å². The molecule has 2 unspecified atom stereocenters. The molecule has 51 heavy (non-hydrogen) atoms. The second-order valence-electron chi connectivity index (χ2n) is 11.8. The van der Waals surface area contributed by atoms with E-state index in [-0.39, 0.29) is 18.5 Å². The number of terminal acetylenes is 3. The number of aryl methyl sites for hydroxylation is 3. The second-order valence-corrected chi connectivity index (χ2v) is 11.8. The number of rotatable bonds is 7. The van der Waals surface area contributed by atoms with E-state index in [1.54, 1.807) is 6.92 Å². The van der Waals surface area contributed by atoms with E-state index in [1.165, 1.54) is 12.1 Å². The van der Waals surface area contributed by atoms with Crippen LogP contribution in [-0.2, 0) is 22.4 Å². The maximum absolute atomic E-state index is 11.1. The zero-order chi connectivity index (χ0) is 37.6. The molecule has 9 N–H and O–H groups in total. The molecule has 6 aromatic rings. The number of aliphatic carboxylic acids is 2. The molecule has 6 rings (SSSR count). The number of nitrogens with two attached hydrogens (primary N) is 2. The van der Waals surface area contributed by atoms with E-state index in [4.69, 9.17) is 41.0 Å². The Morgan fingerprint density at radius 3 is 1.82 bits per heavy atom. The molecule has 0 saturated heterocycles. The van der Waals surface area contributed by atoms with E-state index in [0.29, 0.717) is 27.7 Å². The molecule has 0 radical (unpaired) electrons. The van der Waals surface area contributed by atoms with Gasteiger partial charge in [0.25, 0.3) is 5.69 Å². The predicted molar refractivity (Wildman–Crippen MR) is 198 cm³/mol. The highest BCUT2D eigenvalue weighted by Crippen LogP contribution is 2.33. The third-order valence-corrected chi connectivity index (χ3v) is 8.34. The minimum Gasteiger partial charge on any atom is -0.480 e. The number of nitrogens with one attached hydrogen (secondary N) is 3. The van der Waals surface area contributed by atoms with Crippen molar-refractivity contribution in [3.8, 4) is 37.0 Å². The summed E-state index contributed by atoms with van der Waals surface area (Å²) in [5, 5.41) is 31.4. The van der Waals surface area contributed by atoms with E-state index < -0.39 is 28.9 Å². The van der Waals surface area contributed by atoms with Gasteiger partial charge in [-0.25, -0.2) is 0 Å². The van der Waals surface area contributed by atoms with Gasteiger partial charge >= 0.3 is 11.9 Å². The van der Waals surface area contributed by atoms with Crippen LogP contribution >= 0.6 is 0 Å². The average molecular weight is 685 g/mol. The minimum absolute atomic E-state index is 0.0387. The molecule has 0 fully saturated rings. The van der Waals surface area contributed by atoms with E-state index in [2.05, 4.69) is 38.8 Å². The van der Waals surface area contributed by atoms with Gasteiger partial charge in [0.1, 0.15) is 17.6 Å². The Labute approximate surface area is 293 Å². The first-order valence-electron chi connectivity index (χ1n) is 15.6. The normalized spacial score (nSPS) is 11.6. The predicted octanol–water partition coefficient (Wildman–Crippen LogP) is 5.19. The van der Waals surface area contributed by atoms with Crippen molar-refractivity contribution < 1.29 is 24.7 Å². The summed E-state index contributed by atoms with van der Waals surface area (Å²) in [5.74, 6) is 5.59. The smallest absolute Gasteiger partial charge is 0.320 e. The molecule has 12 nitrogen and oxygen atoms in total. The maximum atomic E-state index is 11.1. The Kier molecular flexibility index (Phi) is 11.3. The number of nitro benzene ring substituents is 1. The number of benzene rings is 3.